The third-order valence-corrected chi connectivity index (χ3v) is 3.37. The molecule has 1 atom stereocenters. The number of piperidine rings is 1. The molecule has 3 nitrogen and oxygen atoms in total. The summed E-state index contributed by atoms with van der Waals surface area (Å²) in [6, 6.07) is 4.45. The highest BCUT2D eigenvalue weighted by molar-refractivity contribution is 5.94. The fraction of sp³-hybridized carbons (Fsp3) is 0.500. The predicted octanol–water partition coefficient (Wildman–Crippen LogP) is 2.29. The maximum absolute atomic E-state index is 13.1. The van der Waals surface area contributed by atoms with Crippen molar-refractivity contribution in [3.63, 3.8) is 0 Å². The second kappa shape index (κ2) is 7.46. The number of carbonyl (C=O) groups excluding carboxylic acids is 1. The molecule has 1 saturated heterocycles. The lowest BCUT2D eigenvalue weighted by Gasteiger charge is -2.22. The lowest BCUT2D eigenvalue weighted by molar-refractivity contribution is 0.0944. The minimum absolute atomic E-state index is 0. The van der Waals surface area contributed by atoms with Crippen LogP contribution in [0.25, 0.3) is 0 Å². The molecule has 2 N–H and O–H groups in total. The van der Waals surface area contributed by atoms with Crippen LogP contribution in [0.15, 0.2) is 18.2 Å². The van der Waals surface area contributed by atoms with E-state index in [-0.39, 0.29) is 24.1 Å². The second-order valence-corrected chi connectivity index (χ2v) is 4.89. The first-order valence-electron chi connectivity index (χ1n) is 6.42. The van der Waals surface area contributed by atoms with Crippen LogP contribution in [0, 0.1) is 18.7 Å². The van der Waals surface area contributed by atoms with Crippen molar-refractivity contribution in [1.82, 2.24) is 10.6 Å². The van der Waals surface area contributed by atoms with Gasteiger partial charge in [-0.3, -0.25) is 4.79 Å². The molecular weight excluding hydrogens is 267 g/mol. The average molecular weight is 287 g/mol. The van der Waals surface area contributed by atoms with Crippen molar-refractivity contribution in [2.75, 3.05) is 19.6 Å². The number of aryl methyl sites for hydroxylation is 1. The van der Waals surface area contributed by atoms with Gasteiger partial charge in [-0.15, -0.1) is 12.4 Å². The Kier molecular flexibility index (Phi) is 6.25. The van der Waals surface area contributed by atoms with Crippen molar-refractivity contribution in [3.8, 4) is 0 Å². The number of rotatable bonds is 3. The molecule has 1 aliphatic rings. The fourth-order valence-electron chi connectivity index (χ4n) is 2.22. The SMILES string of the molecule is Cc1cc(C(=O)NCC2CCCNC2)ccc1F.Cl. The highest BCUT2D eigenvalue weighted by Crippen LogP contribution is 2.11. The van der Waals surface area contributed by atoms with Crippen LogP contribution in [0.1, 0.15) is 28.8 Å². The highest BCUT2D eigenvalue weighted by atomic mass is 35.5. The number of hydrogen-bond donors (Lipinski definition) is 2. The minimum atomic E-state index is -0.275. The van der Waals surface area contributed by atoms with Gasteiger partial charge in [0.1, 0.15) is 5.82 Å². The molecule has 0 aromatic heterocycles. The van der Waals surface area contributed by atoms with E-state index in [2.05, 4.69) is 10.6 Å². The molecule has 0 saturated carbocycles. The zero-order chi connectivity index (χ0) is 13.0. The summed E-state index contributed by atoms with van der Waals surface area (Å²) in [5.74, 6) is 0.107. The number of benzene rings is 1. The van der Waals surface area contributed by atoms with E-state index in [0.717, 1.165) is 25.9 Å². The van der Waals surface area contributed by atoms with E-state index < -0.39 is 0 Å². The molecule has 1 amide bonds. The van der Waals surface area contributed by atoms with Crippen LogP contribution in [0.4, 0.5) is 4.39 Å². The Bertz CT molecular complexity index is 433. The van der Waals surface area contributed by atoms with E-state index in [1.807, 2.05) is 0 Å². The molecule has 1 unspecified atom stereocenters. The third-order valence-electron chi connectivity index (χ3n) is 3.37. The van der Waals surface area contributed by atoms with Gasteiger partial charge >= 0.3 is 0 Å². The average Bonchev–Trinajstić information content (AvgIpc) is 2.40. The lowest BCUT2D eigenvalue weighted by atomic mass is 9.99. The molecule has 0 bridgehead atoms. The van der Waals surface area contributed by atoms with Crippen molar-refractivity contribution < 1.29 is 9.18 Å². The maximum Gasteiger partial charge on any atom is 0.251 e. The number of carbonyl (C=O) groups is 1. The summed E-state index contributed by atoms with van der Waals surface area (Å²) >= 11 is 0. The Morgan fingerprint density at radius 2 is 2.32 bits per heavy atom. The summed E-state index contributed by atoms with van der Waals surface area (Å²) < 4.78 is 13.1. The lowest BCUT2D eigenvalue weighted by Crippen LogP contribution is -2.38. The Morgan fingerprint density at radius 3 is 2.95 bits per heavy atom. The summed E-state index contributed by atoms with van der Waals surface area (Å²) in [5.41, 5.74) is 1.03. The van der Waals surface area contributed by atoms with Crippen LogP contribution in [-0.4, -0.2) is 25.5 Å². The Hall–Kier alpha value is -1.13. The van der Waals surface area contributed by atoms with Gasteiger partial charge in [0.25, 0.3) is 5.91 Å². The van der Waals surface area contributed by atoms with Crippen molar-refractivity contribution >= 4 is 18.3 Å². The van der Waals surface area contributed by atoms with Gasteiger partial charge in [-0.1, -0.05) is 0 Å². The standard InChI is InChI=1S/C14H19FN2O.ClH/c1-10-7-12(4-5-13(10)15)14(18)17-9-11-3-2-6-16-8-11;/h4-5,7,11,16H,2-3,6,8-9H2,1H3,(H,17,18);1H. The number of nitrogens with one attached hydrogen (secondary N) is 2. The van der Waals surface area contributed by atoms with Gasteiger partial charge in [0.05, 0.1) is 0 Å². The summed E-state index contributed by atoms with van der Waals surface area (Å²) in [6.07, 6.45) is 2.31. The van der Waals surface area contributed by atoms with Gasteiger partial charge in [0.15, 0.2) is 0 Å². The van der Waals surface area contributed by atoms with Crippen LogP contribution >= 0.6 is 12.4 Å². The Balaban J connectivity index is 0.00000180. The molecule has 5 heteroatoms. The quantitative estimate of drug-likeness (QED) is 0.895. The van der Waals surface area contributed by atoms with Crippen molar-refractivity contribution in [2.24, 2.45) is 5.92 Å². The molecule has 1 aliphatic heterocycles. The normalized spacial score (nSPS) is 18.5. The van der Waals surface area contributed by atoms with Gasteiger partial charge in [0, 0.05) is 12.1 Å². The molecule has 1 fully saturated rings. The summed E-state index contributed by atoms with van der Waals surface area (Å²) in [7, 11) is 0. The second-order valence-electron chi connectivity index (χ2n) is 4.89. The van der Waals surface area contributed by atoms with Crippen LogP contribution < -0.4 is 10.6 Å². The molecule has 19 heavy (non-hydrogen) atoms. The van der Waals surface area contributed by atoms with Crippen LogP contribution in [0.2, 0.25) is 0 Å². The van der Waals surface area contributed by atoms with Crippen LogP contribution in [0.3, 0.4) is 0 Å². The van der Waals surface area contributed by atoms with Gasteiger partial charge in [-0.25, -0.2) is 4.39 Å². The van der Waals surface area contributed by atoms with Gasteiger partial charge in [-0.05, 0) is 62.5 Å². The third kappa shape index (κ3) is 4.48. The van der Waals surface area contributed by atoms with Gasteiger partial charge in [-0.2, -0.15) is 0 Å². The zero-order valence-corrected chi connectivity index (χ0v) is 11.9. The smallest absolute Gasteiger partial charge is 0.251 e. The molecule has 106 valence electrons. The zero-order valence-electron chi connectivity index (χ0n) is 11.0. The van der Waals surface area contributed by atoms with E-state index in [0.29, 0.717) is 23.6 Å². The van der Waals surface area contributed by atoms with Gasteiger partial charge < -0.3 is 10.6 Å². The largest absolute Gasteiger partial charge is 0.352 e. The predicted molar refractivity (Wildman–Crippen MR) is 76.3 cm³/mol. The first kappa shape index (κ1) is 15.9. The fourth-order valence-corrected chi connectivity index (χ4v) is 2.22. The monoisotopic (exact) mass is 286 g/mol. The van der Waals surface area contributed by atoms with E-state index in [4.69, 9.17) is 0 Å². The summed E-state index contributed by atoms with van der Waals surface area (Å²) in [6.45, 7) is 4.38. The molecular formula is C14H20ClFN2O. The molecule has 1 aromatic carbocycles. The molecule has 2 rings (SSSR count). The maximum atomic E-state index is 13.1. The van der Waals surface area contributed by atoms with Crippen molar-refractivity contribution in [2.45, 2.75) is 19.8 Å². The van der Waals surface area contributed by atoms with Crippen LogP contribution in [0.5, 0.6) is 0 Å². The minimum Gasteiger partial charge on any atom is -0.352 e. The first-order valence-corrected chi connectivity index (χ1v) is 6.42. The van der Waals surface area contributed by atoms with E-state index in [1.54, 1.807) is 13.0 Å². The molecule has 0 radical (unpaired) electrons. The highest BCUT2D eigenvalue weighted by Gasteiger charge is 2.14. The number of amides is 1. The molecule has 0 spiro atoms. The molecule has 0 aliphatic carbocycles. The molecule has 1 heterocycles. The van der Waals surface area contributed by atoms with E-state index >= 15 is 0 Å². The van der Waals surface area contributed by atoms with Crippen LogP contribution in [-0.2, 0) is 0 Å². The Morgan fingerprint density at radius 1 is 1.53 bits per heavy atom. The number of halogens is 2. The summed E-state index contributed by atoms with van der Waals surface area (Å²) in [4.78, 5) is 11.9. The molecule has 1 aromatic rings. The first-order chi connectivity index (χ1) is 8.66. The Labute approximate surface area is 119 Å². The van der Waals surface area contributed by atoms with E-state index in [1.165, 1.54) is 12.1 Å². The van der Waals surface area contributed by atoms with Gasteiger partial charge in [0.2, 0.25) is 0 Å². The van der Waals surface area contributed by atoms with E-state index in [9.17, 15) is 9.18 Å². The summed E-state index contributed by atoms with van der Waals surface area (Å²) in [5, 5.41) is 6.23. The topological polar surface area (TPSA) is 41.1 Å². The number of hydrogen-bond acceptors (Lipinski definition) is 2. The van der Waals surface area contributed by atoms with Crippen molar-refractivity contribution in [1.29, 1.82) is 0 Å². The van der Waals surface area contributed by atoms with Crippen molar-refractivity contribution in [3.05, 3.63) is 35.1 Å².